The number of rotatable bonds is 1. The minimum Gasteiger partial charge on any atom is -0.385 e. The highest BCUT2D eigenvalue weighted by Gasteiger charge is 2.09. The van der Waals surface area contributed by atoms with Crippen LogP contribution in [-0.2, 0) is 0 Å². The van der Waals surface area contributed by atoms with Crippen molar-refractivity contribution < 1.29 is 0 Å². The van der Waals surface area contributed by atoms with Gasteiger partial charge in [0, 0.05) is 12.2 Å². The van der Waals surface area contributed by atoms with E-state index < -0.39 is 0 Å². The Morgan fingerprint density at radius 2 is 2.36 bits per heavy atom. The number of hydrogen-bond acceptors (Lipinski definition) is 1. The van der Waals surface area contributed by atoms with Crippen molar-refractivity contribution in [2.75, 3.05) is 6.54 Å². The predicted octanol–water partition coefficient (Wildman–Crippen LogP) is 2.39. The van der Waals surface area contributed by atoms with Crippen molar-refractivity contribution in [2.45, 2.75) is 19.8 Å². The summed E-state index contributed by atoms with van der Waals surface area (Å²) in [4.78, 5) is 0. The van der Waals surface area contributed by atoms with E-state index in [0.717, 1.165) is 18.7 Å². The lowest BCUT2D eigenvalue weighted by Gasteiger charge is -2.20. The normalized spacial score (nSPS) is 22.5. The van der Waals surface area contributed by atoms with Gasteiger partial charge in [0.25, 0.3) is 0 Å². The molecule has 0 atom stereocenters. The minimum atomic E-state index is 1.06. The molecule has 0 bridgehead atoms. The third kappa shape index (κ3) is 1.73. The SMILES string of the molecule is C=C/C(C)=C1/CCCNC1=C. The van der Waals surface area contributed by atoms with Crippen molar-refractivity contribution in [3.05, 3.63) is 36.1 Å². The van der Waals surface area contributed by atoms with Crippen LogP contribution >= 0.6 is 0 Å². The lowest BCUT2D eigenvalue weighted by atomic mass is 9.98. The van der Waals surface area contributed by atoms with Crippen LogP contribution in [0.4, 0.5) is 0 Å². The van der Waals surface area contributed by atoms with E-state index in [1.54, 1.807) is 0 Å². The summed E-state index contributed by atoms with van der Waals surface area (Å²) in [6, 6.07) is 0. The van der Waals surface area contributed by atoms with Crippen molar-refractivity contribution in [3.8, 4) is 0 Å². The van der Waals surface area contributed by atoms with Gasteiger partial charge in [0.05, 0.1) is 0 Å². The highest BCUT2D eigenvalue weighted by atomic mass is 14.9. The van der Waals surface area contributed by atoms with Crippen molar-refractivity contribution >= 4 is 0 Å². The zero-order chi connectivity index (χ0) is 8.27. The second-order valence-corrected chi connectivity index (χ2v) is 2.87. The van der Waals surface area contributed by atoms with E-state index in [1.807, 2.05) is 6.08 Å². The quantitative estimate of drug-likeness (QED) is 0.603. The Bertz CT molecular complexity index is 211. The van der Waals surface area contributed by atoms with Crippen molar-refractivity contribution in [1.29, 1.82) is 0 Å². The van der Waals surface area contributed by atoms with Crippen LogP contribution in [0.25, 0.3) is 0 Å². The molecule has 0 unspecified atom stereocenters. The predicted molar refractivity (Wildman–Crippen MR) is 49.3 cm³/mol. The van der Waals surface area contributed by atoms with Gasteiger partial charge in [-0.05, 0) is 30.9 Å². The molecule has 1 nitrogen and oxygen atoms in total. The van der Waals surface area contributed by atoms with E-state index in [-0.39, 0.29) is 0 Å². The highest BCUT2D eigenvalue weighted by molar-refractivity contribution is 5.37. The van der Waals surface area contributed by atoms with E-state index in [0.29, 0.717) is 0 Å². The standard InChI is InChI=1S/C10H15N/c1-4-8(2)10-6-5-7-11-9(10)3/h4,11H,1,3,5-7H2,2H3/b10-8-. The molecule has 1 aliphatic heterocycles. The zero-order valence-corrected chi connectivity index (χ0v) is 7.11. The van der Waals surface area contributed by atoms with Crippen LogP contribution in [0.15, 0.2) is 36.1 Å². The van der Waals surface area contributed by atoms with Gasteiger partial charge >= 0.3 is 0 Å². The van der Waals surface area contributed by atoms with Crippen LogP contribution in [0, 0.1) is 0 Å². The molecule has 0 saturated carbocycles. The Hall–Kier alpha value is -0.980. The zero-order valence-electron chi connectivity index (χ0n) is 7.11. The van der Waals surface area contributed by atoms with Gasteiger partial charge in [0.2, 0.25) is 0 Å². The molecule has 0 aromatic carbocycles. The molecule has 0 aromatic heterocycles. The maximum absolute atomic E-state index is 3.95. The summed E-state index contributed by atoms with van der Waals surface area (Å²) >= 11 is 0. The first-order valence-corrected chi connectivity index (χ1v) is 4.01. The van der Waals surface area contributed by atoms with Gasteiger partial charge < -0.3 is 5.32 Å². The number of piperidine rings is 1. The average molecular weight is 149 g/mol. The van der Waals surface area contributed by atoms with E-state index in [4.69, 9.17) is 0 Å². The second kappa shape index (κ2) is 3.42. The molecular formula is C10H15N. The number of nitrogens with one attached hydrogen (secondary N) is 1. The highest BCUT2D eigenvalue weighted by Crippen LogP contribution is 2.21. The fraction of sp³-hybridized carbons (Fsp3) is 0.400. The molecule has 0 radical (unpaired) electrons. The third-order valence-electron chi connectivity index (χ3n) is 2.09. The fourth-order valence-electron chi connectivity index (χ4n) is 1.32. The molecule has 1 heterocycles. The Labute approximate surface area is 68.5 Å². The van der Waals surface area contributed by atoms with Gasteiger partial charge in [-0.2, -0.15) is 0 Å². The molecule has 1 saturated heterocycles. The molecule has 0 aliphatic carbocycles. The van der Waals surface area contributed by atoms with Crippen molar-refractivity contribution in [3.63, 3.8) is 0 Å². The van der Waals surface area contributed by atoms with E-state index in [9.17, 15) is 0 Å². The van der Waals surface area contributed by atoms with Crippen LogP contribution in [-0.4, -0.2) is 6.54 Å². The second-order valence-electron chi connectivity index (χ2n) is 2.87. The minimum absolute atomic E-state index is 1.06. The molecule has 0 aromatic rings. The van der Waals surface area contributed by atoms with Gasteiger partial charge in [-0.3, -0.25) is 0 Å². The summed E-state index contributed by atoms with van der Waals surface area (Å²) in [7, 11) is 0. The summed E-state index contributed by atoms with van der Waals surface area (Å²) in [5.74, 6) is 0. The molecule has 60 valence electrons. The maximum Gasteiger partial charge on any atom is 0.0302 e. The Balaban J connectivity index is 2.83. The number of allylic oxidation sites excluding steroid dienone is 3. The molecule has 1 N–H and O–H groups in total. The Morgan fingerprint density at radius 1 is 1.64 bits per heavy atom. The number of hydrogen-bond donors (Lipinski definition) is 1. The summed E-state index contributed by atoms with van der Waals surface area (Å²) in [5, 5.41) is 3.25. The van der Waals surface area contributed by atoms with Crippen LogP contribution < -0.4 is 5.32 Å². The van der Waals surface area contributed by atoms with E-state index in [1.165, 1.54) is 17.6 Å². The summed E-state index contributed by atoms with van der Waals surface area (Å²) in [5.41, 5.74) is 3.67. The third-order valence-corrected chi connectivity index (χ3v) is 2.09. The van der Waals surface area contributed by atoms with Gasteiger partial charge in [0.15, 0.2) is 0 Å². The largest absolute Gasteiger partial charge is 0.385 e. The Morgan fingerprint density at radius 3 is 2.91 bits per heavy atom. The van der Waals surface area contributed by atoms with E-state index >= 15 is 0 Å². The lowest BCUT2D eigenvalue weighted by Crippen LogP contribution is -2.21. The fourth-order valence-corrected chi connectivity index (χ4v) is 1.32. The van der Waals surface area contributed by atoms with Gasteiger partial charge in [-0.25, -0.2) is 0 Å². The molecule has 11 heavy (non-hydrogen) atoms. The first-order chi connectivity index (χ1) is 5.25. The smallest absolute Gasteiger partial charge is 0.0302 e. The molecule has 1 rings (SSSR count). The van der Waals surface area contributed by atoms with Crippen molar-refractivity contribution in [1.82, 2.24) is 5.32 Å². The first kappa shape index (κ1) is 8.12. The average Bonchev–Trinajstić information content (AvgIpc) is 2.04. The molecule has 1 aliphatic rings. The van der Waals surface area contributed by atoms with Crippen LogP contribution in [0.1, 0.15) is 19.8 Å². The van der Waals surface area contributed by atoms with Crippen LogP contribution in [0.2, 0.25) is 0 Å². The monoisotopic (exact) mass is 149 g/mol. The van der Waals surface area contributed by atoms with Crippen molar-refractivity contribution in [2.24, 2.45) is 0 Å². The summed E-state index contributed by atoms with van der Waals surface area (Å²) in [6.07, 6.45) is 4.25. The summed E-state index contributed by atoms with van der Waals surface area (Å²) in [6.45, 7) is 10.8. The molecule has 0 spiro atoms. The van der Waals surface area contributed by atoms with Gasteiger partial charge in [-0.15, -0.1) is 0 Å². The molecule has 1 fully saturated rings. The van der Waals surface area contributed by atoms with Crippen LogP contribution in [0.5, 0.6) is 0 Å². The van der Waals surface area contributed by atoms with Gasteiger partial charge in [-0.1, -0.05) is 19.2 Å². The molecule has 1 heteroatoms. The first-order valence-electron chi connectivity index (χ1n) is 4.01. The van der Waals surface area contributed by atoms with Crippen LogP contribution in [0.3, 0.4) is 0 Å². The lowest BCUT2D eigenvalue weighted by molar-refractivity contribution is 0.667. The van der Waals surface area contributed by atoms with E-state index in [2.05, 4.69) is 25.4 Å². The topological polar surface area (TPSA) is 12.0 Å². The molecular weight excluding hydrogens is 134 g/mol. The molecule has 0 amide bonds. The maximum atomic E-state index is 3.95. The Kier molecular flexibility index (Phi) is 2.53. The van der Waals surface area contributed by atoms with Gasteiger partial charge in [0.1, 0.15) is 0 Å². The summed E-state index contributed by atoms with van der Waals surface area (Å²) < 4.78 is 0.